The minimum atomic E-state index is -0.00604. The molecule has 3 aromatic rings. The Balaban J connectivity index is 1.78. The molecular formula is C23H26N4O. The normalized spacial score (nSPS) is 19.2. The average molecular weight is 374 g/mol. The van der Waals surface area contributed by atoms with Gasteiger partial charge in [-0.05, 0) is 43.0 Å². The number of para-hydroxylation sites is 1. The number of nitrogens with two attached hydrogens (primary N) is 1. The number of carbonyl (C=O) groups excluding carboxylic acids is 1. The Morgan fingerprint density at radius 1 is 1.14 bits per heavy atom. The van der Waals surface area contributed by atoms with E-state index in [0.717, 1.165) is 35.5 Å². The Hall–Kier alpha value is -2.92. The number of nitrogens with zero attached hydrogens (tertiary/aromatic N) is 3. The SMILES string of the molecule is Cc1ccccc1-c1nn(-c2ccccc2)cc1C(=O)N1CCC(C)(CN)C1. The highest BCUT2D eigenvalue weighted by Crippen LogP contribution is 2.32. The highest BCUT2D eigenvalue weighted by Gasteiger charge is 2.36. The molecule has 28 heavy (non-hydrogen) atoms. The summed E-state index contributed by atoms with van der Waals surface area (Å²) in [6.45, 7) is 6.20. The van der Waals surface area contributed by atoms with Crippen LogP contribution in [0.1, 0.15) is 29.3 Å². The Kier molecular flexibility index (Phi) is 4.77. The maximum atomic E-state index is 13.4. The molecule has 1 atom stereocenters. The van der Waals surface area contributed by atoms with E-state index < -0.39 is 0 Å². The minimum absolute atomic E-state index is 0.00604. The maximum absolute atomic E-state index is 13.4. The second-order valence-corrected chi connectivity index (χ2v) is 7.98. The smallest absolute Gasteiger partial charge is 0.257 e. The van der Waals surface area contributed by atoms with Gasteiger partial charge < -0.3 is 10.6 Å². The van der Waals surface area contributed by atoms with E-state index in [1.165, 1.54) is 0 Å². The van der Waals surface area contributed by atoms with Gasteiger partial charge in [0.15, 0.2) is 0 Å². The summed E-state index contributed by atoms with van der Waals surface area (Å²) in [6.07, 6.45) is 2.79. The highest BCUT2D eigenvalue weighted by atomic mass is 16.2. The predicted octanol–water partition coefficient (Wildman–Crippen LogP) is 3.66. The summed E-state index contributed by atoms with van der Waals surface area (Å²) in [4.78, 5) is 15.4. The Labute approximate surface area is 165 Å². The van der Waals surface area contributed by atoms with Gasteiger partial charge in [0.25, 0.3) is 5.91 Å². The number of aryl methyl sites for hydroxylation is 1. The van der Waals surface area contributed by atoms with Crippen molar-refractivity contribution in [3.63, 3.8) is 0 Å². The van der Waals surface area contributed by atoms with Gasteiger partial charge in [-0.25, -0.2) is 4.68 Å². The van der Waals surface area contributed by atoms with Gasteiger partial charge in [0.1, 0.15) is 5.69 Å². The van der Waals surface area contributed by atoms with Crippen molar-refractivity contribution in [3.8, 4) is 16.9 Å². The zero-order valence-corrected chi connectivity index (χ0v) is 16.4. The third-order valence-corrected chi connectivity index (χ3v) is 5.70. The molecule has 1 amide bonds. The first-order valence-corrected chi connectivity index (χ1v) is 9.71. The van der Waals surface area contributed by atoms with Crippen molar-refractivity contribution in [2.24, 2.45) is 11.1 Å². The second kappa shape index (κ2) is 7.24. The Morgan fingerprint density at radius 3 is 2.54 bits per heavy atom. The van der Waals surface area contributed by atoms with Crippen LogP contribution < -0.4 is 5.73 Å². The number of hydrogen-bond acceptors (Lipinski definition) is 3. The summed E-state index contributed by atoms with van der Waals surface area (Å²) >= 11 is 0. The Morgan fingerprint density at radius 2 is 1.86 bits per heavy atom. The third-order valence-electron chi connectivity index (χ3n) is 5.70. The lowest BCUT2D eigenvalue weighted by atomic mass is 9.90. The molecule has 1 saturated heterocycles. The number of likely N-dealkylation sites (tertiary alicyclic amines) is 1. The first-order valence-electron chi connectivity index (χ1n) is 9.71. The fourth-order valence-electron chi connectivity index (χ4n) is 3.82. The maximum Gasteiger partial charge on any atom is 0.257 e. The van der Waals surface area contributed by atoms with Crippen LogP contribution in [0, 0.1) is 12.3 Å². The van der Waals surface area contributed by atoms with Gasteiger partial charge in [-0.1, -0.05) is 49.4 Å². The predicted molar refractivity (Wildman–Crippen MR) is 111 cm³/mol. The fourth-order valence-corrected chi connectivity index (χ4v) is 3.82. The van der Waals surface area contributed by atoms with Crippen molar-refractivity contribution >= 4 is 5.91 Å². The van der Waals surface area contributed by atoms with Crippen molar-refractivity contribution in [1.29, 1.82) is 0 Å². The van der Waals surface area contributed by atoms with E-state index in [0.29, 0.717) is 18.7 Å². The quantitative estimate of drug-likeness (QED) is 0.758. The van der Waals surface area contributed by atoms with Crippen LogP contribution in [0.2, 0.25) is 0 Å². The molecule has 1 unspecified atom stereocenters. The number of hydrogen-bond donors (Lipinski definition) is 1. The van der Waals surface area contributed by atoms with Gasteiger partial charge in [0.2, 0.25) is 0 Å². The molecule has 144 valence electrons. The van der Waals surface area contributed by atoms with Crippen molar-refractivity contribution < 1.29 is 4.79 Å². The van der Waals surface area contributed by atoms with E-state index in [9.17, 15) is 4.79 Å². The third kappa shape index (κ3) is 3.34. The monoisotopic (exact) mass is 374 g/mol. The van der Waals surface area contributed by atoms with Crippen LogP contribution in [0.15, 0.2) is 60.8 Å². The molecule has 1 aromatic heterocycles. The molecule has 4 rings (SSSR count). The van der Waals surface area contributed by atoms with Crippen LogP contribution in [-0.4, -0.2) is 40.2 Å². The molecule has 1 aliphatic rings. The zero-order valence-electron chi connectivity index (χ0n) is 16.4. The molecule has 0 spiro atoms. The van der Waals surface area contributed by atoms with Crippen molar-refractivity contribution in [2.45, 2.75) is 20.3 Å². The van der Waals surface area contributed by atoms with Crippen molar-refractivity contribution in [2.75, 3.05) is 19.6 Å². The van der Waals surface area contributed by atoms with Gasteiger partial charge in [0, 0.05) is 24.8 Å². The first-order chi connectivity index (χ1) is 13.5. The lowest BCUT2D eigenvalue weighted by Crippen LogP contribution is -2.34. The summed E-state index contributed by atoms with van der Waals surface area (Å²) in [6, 6.07) is 18.0. The molecule has 1 aliphatic heterocycles. The lowest BCUT2D eigenvalue weighted by molar-refractivity contribution is 0.0777. The van der Waals surface area contributed by atoms with Crippen LogP contribution in [0.25, 0.3) is 16.9 Å². The van der Waals surface area contributed by atoms with Gasteiger partial charge in [0.05, 0.1) is 11.3 Å². The lowest BCUT2D eigenvalue weighted by Gasteiger charge is -2.22. The molecule has 5 nitrogen and oxygen atoms in total. The molecule has 0 bridgehead atoms. The van der Waals surface area contributed by atoms with Crippen LogP contribution in [0.4, 0.5) is 0 Å². The van der Waals surface area contributed by atoms with E-state index in [1.54, 1.807) is 4.68 Å². The summed E-state index contributed by atoms with van der Waals surface area (Å²) < 4.78 is 1.80. The zero-order chi connectivity index (χ0) is 19.7. The van der Waals surface area contributed by atoms with Crippen LogP contribution >= 0.6 is 0 Å². The summed E-state index contributed by atoms with van der Waals surface area (Å²) in [5.41, 5.74) is 10.3. The van der Waals surface area contributed by atoms with Gasteiger partial charge >= 0.3 is 0 Å². The molecule has 2 heterocycles. The van der Waals surface area contributed by atoms with Gasteiger partial charge in [-0.2, -0.15) is 5.10 Å². The molecule has 0 saturated carbocycles. The largest absolute Gasteiger partial charge is 0.338 e. The van der Waals surface area contributed by atoms with Crippen molar-refractivity contribution in [1.82, 2.24) is 14.7 Å². The summed E-state index contributed by atoms with van der Waals surface area (Å²) in [5, 5.41) is 4.80. The summed E-state index contributed by atoms with van der Waals surface area (Å²) in [7, 11) is 0. The Bertz CT molecular complexity index is 995. The van der Waals surface area contributed by atoms with E-state index in [1.807, 2.05) is 72.6 Å². The molecule has 2 aromatic carbocycles. The van der Waals surface area contributed by atoms with E-state index in [-0.39, 0.29) is 11.3 Å². The molecule has 1 fully saturated rings. The minimum Gasteiger partial charge on any atom is -0.338 e. The number of aromatic nitrogens is 2. The number of amides is 1. The topological polar surface area (TPSA) is 64.2 Å². The van der Waals surface area contributed by atoms with E-state index in [4.69, 9.17) is 10.8 Å². The van der Waals surface area contributed by atoms with Crippen LogP contribution in [-0.2, 0) is 0 Å². The molecular weight excluding hydrogens is 348 g/mol. The number of carbonyl (C=O) groups is 1. The highest BCUT2D eigenvalue weighted by molar-refractivity contribution is 6.00. The molecule has 5 heteroatoms. The summed E-state index contributed by atoms with van der Waals surface area (Å²) in [5.74, 6) is 0.0256. The first kappa shape index (κ1) is 18.4. The fraction of sp³-hybridized carbons (Fsp3) is 0.304. The van der Waals surface area contributed by atoms with E-state index >= 15 is 0 Å². The average Bonchev–Trinajstić information content (AvgIpc) is 3.34. The second-order valence-electron chi connectivity index (χ2n) is 7.98. The van der Waals surface area contributed by atoms with Gasteiger partial charge in [-0.15, -0.1) is 0 Å². The number of benzene rings is 2. The number of rotatable bonds is 4. The van der Waals surface area contributed by atoms with Gasteiger partial charge in [-0.3, -0.25) is 4.79 Å². The molecule has 2 N–H and O–H groups in total. The van der Waals surface area contributed by atoms with Crippen molar-refractivity contribution in [3.05, 3.63) is 71.9 Å². The van der Waals surface area contributed by atoms with Crippen LogP contribution in [0.3, 0.4) is 0 Å². The molecule has 0 aliphatic carbocycles. The van der Waals surface area contributed by atoms with E-state index in [2.05, 4.69) is 6.92 Å². The van der Waals surface area contributed by atoms with Crippen LogP contribution in [0.5, 0.6) is 0 Å². The standard InChI is InChI=1S/C23H26N4O/c1-17-8-6-7-11-19(17)21-20(14-27(25-21)18-9-4-3-5-10-18)22(28)26-13-12-23(2,15-24)16-26/h3-11,14H,12-13,15-16,24H2,1-2H3. The molecule has 0 radical (unpaired) electrons.